The first kappa shape index (κ1) is 15.4. The molecule has 2 N–H and O–H groups in total. The van der Waals surface area contributed by atoms with Crippen molar-refractivity contribution in [1.82, 2.24) is 19.7 Å². The van der Waals surface area contributed by atoms with Gasteiger partial charge in [-0.3, -0.25) is 0 Å². The summed E-state index contributed by atoms with van der Waals surface area (Å²) < 4.78 is 6.27. The summed E-state index contributed by atoms with van der Waals surface area (Å²) in [4.78, 5) is 13.7. The second kappa shape index (κ2) is 5.57. The van der Waals surface area contributed by atoms with E-state index in [0.29, 0.717) is 44.7 Å². The van der Waals surface area contributed by atoms with E-state index in [2.05, 4.69) is 15.0 Å². The zero-order valence-electron chi connectivity index (χ0n) is 14.3. The fraction of sp³-hybridized carbons (Fsp3) is 0.0500. The highest BCUT2D eigenvalue weighted by molar-refractivity contribution is 5.96. The van der Waals surface area contributed by atoms with Gasteiger partial charge < -0.3 is 15.1 Å². The van der Waals surface area contributed by atoms with Gasteiger partial charge in [0.15, 0.2) is 17.3 Å². The Morgan fingerprint density at radius 3 is 2.41 bits per heavy atom. The summed E-state index contributed by atoms with van der Waals surface area (Å²) in [5, 5.41) is 20.3. The minimum Gasteiger partial charge on any atom is -0.504 e. The monoisotopic (exact) mass is 358 g/mol. The molecule has 0 saturated heterocycles. The third-order valence-electron chi connectivity index (χ3n) is 4.54. The lowest BCUT2D eigenvalue weighted by Gasteiger charge is -2.07. The fourth-order valence-corrected chi connectivity index (χ4v) is 3.19. The average molecular weight is 358 g/mol. The largest absolute Gasteiger partial charge is 0.504 e. The molecule has 5 aromatic rings. The Labute approximate surface area is 153 Å². The van der Waals surface area contributed by atoms with E-state index in [1.807, 2.05) is 18.2 Å². The van der Waals surface area contributed by atoms with Gasteiger partial charge in [-0.1, -0.05) is 12.1 Å². The lowest BCUT2D eigenvalue weighted by atomic mass is 10.2. The molecule has 2 aromatic heterocycles. The molecule has 0 fully saturated rings. The SMILES string of the molecule is COc1cc(-c2nc3cc4nc5ccccc5n(O)c4cc3n2)ccc1O. The van der Waals surface area contributed by atoms with Crippen LogP contribution in [-0.2, 0) is 0 Å². The summed E-state index contributed by atoms with van der Waals surface area (Å²) in [5.41, 5.74) is 4.52. The summed E-state index contributed by atoms with van der Waals surface area (Å²) in [7, 11) is 1.49. The van der Waals surface area contributed by atoms with Crippen molar-refractivity contribution in [1.29, 1.82) is 0 Å². The van der Waals surface area contributed by atoms with Gasteiger partial charge in [-0.15, -0.1) is 0 Å². The zero-order chi connectivity index (χ0) is 18.5. The molecule has 132 valence electrons. The molecule has 0 unspecified atom stereocenters. The molecular weight excluding hydrogens is 344 g/mol. The van der Waals surface area contributed by atoms with Gasteiger partial charge in [0.05, 0.1) is 29.2 Å². The number of phenols is 1. The number of phenolic OH excluding ortho intramolecular Hbond substituents is 1. The second-order valence-electron chi connectivity index (χ2n) is 6.18. The summed E-state index contributed by atoms with van der Waals surface area (Å²) in [6.07, 6.45) is 0. The lowest BCUT2D eigenvalue weighted by Crippen LogP contribution is -1.99. The average Bonchev–Trinajstić information content (AvgIpc) is 3.10. The Kier molecular flexibility index (Phi) is 3.17. The minimum absolute atomic E-state index is 0.0558. The van der Waals surface area contributed by atoms with Crippen LogP contribution in [0.4, 0.5) is 0 Å². The Morgan fingerprint density at radius 1 is 0.815 bits per heavy atom. The van der Waals surface area contributed by atoms with Crippen LogP contribution in [0.3, 0.4) is 0 Å². The van der Waals surface area contributed by atoms with Crippen molar-refractivity contribution in [2.24, 2.45) is 0 Å². The predicted molar refractivity (Wildman–Crippen MR) is 101 cm³/mol. The van der Waals surface area contributed by atoms with E-state index in [4.69, 9.17) is 4.74 Å². The van der Waals surface area contributed by atoms with E-state index < -0.39 is 0 Å². The minimum atomic E-state index is 0.0558. The fourth-order valence-electron chi connectivity index (χ4n) is 3.19. The molecule has 0 atom stereocenters. The van der Waals surface area contributed by atoms with Crippen molar-refractivity contribution in [3.8, 4) is 22.9 Å². The molecule has 2 heterocycles. The molecule has 0 saturated carbocycles. The van der Waals surface area contributed by atoms with Crippen molar-refractivity contribution < 1.29 is 15.1 Å². The summed E-state index contributed by atoms with van der Waals surface area (Å²) >= 11 is 0. The summed E-state index contributed by atoms with van der Waals surface area (Å²) in [5.74, 6) is 0.917. The number of fused-ring (bicyclic) bond motifs is 3. The molecule has 0 aliphatic carbocycles. The van der Waals surface area contributed by atoms with Crippen LogP contribution in [0.5, 0.6) is 11.5 Å². The molecular formula is C20H14N4O3. The van der Waals surface area contributed by atoms with E-state index in [1.54, 1.807) is 36.4 Å². The van der Waals surface area contributed by atoms with Crippen LogP contribution in [0.1, 0.15) is 0 Å². The third-order valence-corrected chi connectivity index (χ3v) is 4.54. The molecule has 7 heteroatoms. The maximum Gasteiger partial charge on any atom is 0.161 e. The van der Waals surface area contributed by atoms with E-state index in [1.165, 1.54) is 7.11 Å². The van der Waals surface area contributed by atoms with E-state index in [9.17, 15) is 10.3 Å². The van der Waals surface area contributed by atoms with Gasteiger partial charge in [0.2, 0.25) is 0 Å². The number of methoxy groups -OCH3 is 1. The molecule has 5 rings (SSSR count). The van der Waals surface area contributed by atoms with E-state index >= 15 is 0 Å². The molecule has 0 bridgehead atoms. The van der Waals surface area contributed by atoms with Crippen molar-refractivity contribution in [2.45, 2.75) is 0 Å². The van der Waals surface area contributed by atoms with Crippen LogP contribution < -0.4 is 4.74 Å². The second-order valence-corrected chi connectivity index (χ2v) is 6.18. The Balaban J connectivity index is 1.75. The number of ether oxygens (including phenoxy) is 1. The number of para-hydroxylation sites is 2. The third kappa shape index (κ3) is 2.32. The van der Waals surface area contributed by atoms with Crippen LogP contribution in [0.2, 0.25) is 0 Å². The first-order valence-electron chi connectivity index (χ1n) is 8.29. The van der Waals surface area contributed by atoms with Crippen molar-refractivity contribution in [3.05, 3.63) is 54.6 Å². The van der Waals surface area contributed by atoms with Crippen molar-refractivity contribution in [3.63, 3.8) is 0 Å². The van der Waals surface area contributed by atoms with Gasteiger partial charge >= 0.3 is 0 Å². The topological polar surface area (TPSA) is 93.3 Å². The highest BCUT2D eigenvalue weighted by Gasteiger charge is 2.13. The summed E-state index contributed by atoms with van der Waals surface area (Å²) in [6.45, 7) is 0. The Bertz CT molecular complexity index is 1340. The quantitative estimate of drug-likeness (QED) is 0.369. The number of imidazole rings is 1. The zero-order valence-corrected chi connectivity index (χ0v) is 14.3. The molecule has 0 radical (unpaired) electrons. The van der Waals surface area contributed by atoms with Crippen LogP contribution in [0.25, 0.3) is 44.5 Å². The number of aromatic nitrogens is 4. The predicted octanol–water partition coefficient (Wildman–Crippen LogP) is 3.75. The number of benzene rings is 3. The van der Waals surface area contributed by atoms with Crippen molar-refractivity contribution in [2.75, 3.05) is 7.11 Å². The lowest BCUT2D eigenvalue weighted by molar-refractivity contribution is 0.211. The molecule has 0 aliphatic heterocycles. The first-order valence-corrected chi connectivity index (χ1v) is 8.29. The van der Waals surface area contributed by atoms with E-state index in [0.717, 1.165) is 10.3 Å². The van der Waals surface area contributed by atoms with Gasteiger partial charge in [-0.05, 0) is 42.5 Å². The molecule has 27 heavy (non-hydrogen) atoms. The van der Waals surface area contributed by atoms with Gasteiger partial charge in [0, 0.05) is 5.56 Å². The molecule has 7 nitrogen and oxygen atoms in total. The van der Waals surface area contributed by atoms with Gasteiger partial charge in [0.25, 0.3) is 0 Å². The number of hydrogen-bond acceptors (Lipinski definition) is 6. The standard InChI is InChI=1S/C20H14N4O3/c1-27-19-8-11(6-7-18(19)25)20-22-13-9-15-17(10-14(13)23-20)24(26)16-5-3-2-4-12(16)21-15/h2-10,25-26H,1H3. The van der Waals surface area contributed by atoms with Crippen LogP contribution in [0, 0.1) is 0 Å². The maximum absolute atomic E-state index is 10.6. The van der Waals surface area contributed by atoms with Crippen molar-refractivity contribution >= 4 is 33.1 Å². The van der Waals surface area contributed by atoms with Gasteiger partial charge in [0.1, 0.15) is 11.0 Å². The molecule has 0 spiro atoms. The summed E-state index contributed by atoms with van der Waals surface area (Å²) in [6, 6.07) is 15.9. The van der Waals surface area contributed by atoms with Gasteiger partial charge in [-0.2, -0.15) is 4.73 Å². The normalized spacial score (nSPS) is 11.4. The van der Waals surface area contributed by atoms with Crippen LogP contribution >= 0.6 is 0 Å². The van der Waals surface area contributed by atoms with E-state index in [-0.39, 0.29) is 5.75 Å². The molecule has 3 aromatic carbocycles. The Morgan fingerprint density at radius 2 is 1.59 bits per heavy atom. The van der Waals surface area contributed by atoms with Crippen LogP contribution in [0.15, 0.2) is 54.6 Å². The number of rotatable bonds is 2. The molecule has 0 aliphatic rings. The molecule has 0 amide bonds. The first-order chi connectivity index (χ1) is 13.1. The van der Waals surface area contributed by atoms with Gasteiger partial charge in [-0.25, -0.2) is 15.0 Å². The number of hydrogen-bond donors (Lipinski definition) is 2. The maximum atomic E-state index is 10.6. The smallest absolute Gasteiger partial charge is 0.161 e. The highest BCUT2D eigenvalue weighted by Crippen LogP contribution is 2.32. The van der Waals surface area contributed by atoms with Crippen LogP contribution in [-0.4, -0.2) is 37.1 Å². The highest BCUT2D eigenvalue weighted by atomic mass is 16.5. The number of nitrogens with zero attached hydrogens (tertiary/aromatic N) is 4. The Hall–Kier alpha value is -3.87. The number of aromatic hydroxyl groups is 1.